The molecule has 0 aliphatic carbocycles. The Hall–Kier alpha value is -1.02. The topological polar surface area (TPSA) is 61.4 Å². The molecule has 0 unspecified atom stereocenters. The highest BCUT2D eigenvalue weighted by Gasteiger charge is 2.20. The summed E-state index contributed by atoms with van der Waals surface area (Å²) in [5.74, 6) is -0.719. The molecule has 0 bridgehead atoms. The number of hydrogen-bond donors (Lipinski definition) is 2. The summed E-state index contributed by atoms with van der Waals surface area (Å²) in [5, 5.41) is 2.92. The van der Waals surface area contributed by atoms with Crippen LogP contribution >= 0.6 is 0 Å². The lowest BCUT2D eigenvalue weighted by Gasteiger charge is -2.15. The second kappa shape index (κ2) is 7.31. The lowest BCUT2D eigenvalue weighted by Crippen LogP contribution is -2.33. The van der Waals surface area contributed by atoms with Gasteiger partial charge in [-0.2, -0.15) is 0 Å². The molecule has 0 spiro atoms. The van der Waals surface area contributed by atoms with Crippen LogP contribution in [0.3, 0.4) is 0 Å². The third-order valence-corrected chi connectivity index (χ3v) is 5.06. The minimum atomic E-state index is -3.80. The Morgan fingerprint density at radius 1 is 1.29 bits per heavy atom. The summed E-state index contributed by atoms with van der Waals surface area (Å²) >= 11 is 0. The zero-order chi connectivity index (χ0) is 15.3. The maximum absolute atomic E-state index is 13.8. The summed E-state index contributed by atoms with van der Waals surface area (Å²) in [6.45, 7) is 3.48. The van der Waals surface area contributed by atoms with Crippen molar-refractivity contribution in [3.8, 4) is 0 Å². The molecule has 0 radical (unpaired) electrons. The molecule has 7 heteroatoms. The zero-order valence-corrected chi connectivity index (χ0v) is 13.0. The lowest BCUT2D eigenvalue weighted by atomic mass is 10.2. The molecule has 1 aromatic carbocycles. The Kier molecular flexibility index (Phi) is 5.69. The van der Waals surface area contributed by atoms with Crippen molar-refractivity contribution in [2.24, 2.45) is 0 Å². The molecule has 1 aliphatic heterocycles. The van der Waals surface area contributed by atoms with Crippen LogP contribution in [0.2, 0.25) is 0 Å². The molecular formula is C14H22FN3O2S. The van der Waals surface area contributed by atoms with Crippen LogP contribution in [0.5, 0.6) is 0 Å². The normalized spacial score (nSPS) is 16.5. The van der Waals surface area contributed by atoms with Crippen molar-refractivity contribution in [2.45, 2.75) is 24.3 Å². The summed E-state index contributed by atoms with van der Waals surface area (Å²) < 4.78 is 40.7. The Morgan fingerprint density at radius 2 is 2.00 bits per heavy atom. The van der Waals surface area contributed by atoms with Gasteiger partial charge in [0.15, 0.2) is 0 Å². The van der Waals surface area contributed by atoms with E-state index in [0.29, 0.717) is 19.6 Å². The van der Waals surface area contributed by atoms with Crippen LogP contribution in [0.4, 0.5) is 4.39 Å². The molecular weight excluding hydrogens is 293 g/mol. The predicted octanol–water partition coefficient (Wildman–Crippen LogP) is 0.919. The molecule has 1 aliphatic rings. The van der Waals surface area contributed by atoms with Crippen LogP contribution in [-0.2, 0) is 16.6 Å². The van der Waals surface area contributed by atoms with Gasteiger partial charge in [-0.3, -0.25) is 0 Å². The quantitative estimate of drug-likeness (QED) is 0.785. The monoisotopic (exact) mass is 315 g/mol. The van der Waals surface area contributed by atoms with Crippen molar-refractivity contribution in [2.75, 3.05) is 33.2 Å². The van der Waals surface area contributed by atoms with Crippen molar-refractivity contribution < 1.29 is 12.8 Å². The van der Waals surface area contributed by atoms with Crippen LogP contribution in [0.15, 0.2) is 23.1 Å². The van der Waals surface area contributed by atoms with E-state index in [1.807, 2.05) is 0 Å². The van der Waals surface area contributed by atoms with Gasteiger partial charge in [-0.05, 0) is 50.7 Å². The van der Waals surface area contributed by atoms with Gasteiger partial charge in [0.05, 0.1) is 0 Å². The molecule has 5 nitrogen and oxygen atoms in total. The number of benzene rings is 1. The first-order chi connectivity index (χ1) is 10.0. The molecule has 1 saturated heterocycles. The number of rotatable bonds is 7. The van der Waals surface area contributed by atoms with E-state index >= 15 is 0 Å². The largest absolute Gasteiger partial charge is 0.316 e. The summed E-state index contributed by atoms with van der Waals surface area (Å²) in [4.78, 5) is 1.92. The summed E-state index contributed by atoms with van der Waals surface area (Å²) in [5.41, 5.74) is 0.735. The van der Waals surface area contributed by atoms with Gasteiger partial charge < -0.3 is 10.2 Å². The van der Waals surface area contributed by atoms with Crippen molar-refractivity contribution in [1.82, 2.24) is 14.9 Å². The van der Waals surface area contributed by atoms with Crippen LogP contribution in [0.25, 0.3) is 0 Å². The molecule has 2 rings (SSSR count). The summed E-state index contributed by atoms with van der Waals surface area (Å²) in [6.07, 6.45) is 2.32. The zero-order valence-electron chi connectivity index (χ0n) is 12.2. The molecule has 1 fully saturated rings. The first kappa shape index (κ1) is 16.4. The highest BCUT2D eigenvalue weighted by Crippen LogP contribution is 2.16. The fourth-order valence-electron chi connectivity index (χ4n) is 2.49. The third kappa shape index (κ3) is 4.47. The first-order valence-corrected chi connectivity index (χ1v) is 8.66. The van der Waals surface area contributed by atoms with Gasteiger partial charge in [-0.1, -0.05) is 6.07 Å². The smallest absolute Gasteiger partial charge is 0.243 e. The minimum Gasteiger partial charge on any atom is -0.316 e. The fraction of sp³-hybridized carbons (Fsp3) is 0.571. The Bertz CT molecular complexity index is 572. The number of nitrogens with one attached hydrogen (secondary N) is 2. The van der Waals surface area contributed by atoms with E-state index in [2.05, 4.69) is 14.9 Å². The standard InChI is InChI=1S/C14H22FN3O2S/c1-16-11-12-4-5-13(15)14(10-12)21(19,20)17-6-9-18-7-2-3-8-18/h4-5,10,16-17H,2-3,6-9,11H2,1H3. The number of halogens is 1. The number of nitrogens with zero attached hydrogens (tertiary/aromatic N) is 1. The molecule has 21 heavy (non-hydrogen) atoms. The van der Waals surface area contributed by atoms with E-state index in [9.17, 15) is 12.8 Å². The maximum Gasteiger partial charge on any atom is 0.243 e. The van der Waals surface area contributed by atoms with Crippen molar-refractivity contribution in [3.05, 3.63) is 29.6 Å². The van der Waals surface area contributed by atoms with Gasteiger partial charge in [-0.15, -0.1) is 0 Å². The fourth-order valence-corrected chi connectivity index (χ4v) is 3.64. The molecule has 0 atom stereocenters. The SMILES string of the molecule is CNCc1ccc(F)c(S(=O)(=O)NCCN2CCCC2)c1. The van der Waals surface area contributed by atoms with Gasteiger partial charge in [0.1, 0.15) is 10.7 Å². The molecule has 0 saturated carbocycles. The van der Waals surface area contributed by atoms with E-state index in [1.165, 1.54) is 12.1 Å². The maximum atomic E-state index is 13.8. The Labute approximate surface area is 125 Å². The van der Waals surface area contributed by atoms with E-state index < -0.39 is 15.8 Å². The van der Waals surface area contributed by atoms with E-state index in [4.69, 9.17) is 0 Å². The highest BCUT2D eigenvalue weighted by atomic mass is 32.2. The first-order valence-electron chi connectivity index (χ1n) is 7.18. The number of hydrogen-bond acceptors (Lipinski definition) is 4. The van der Waals surface area contributed by atoms with E-state index in [-0.39, 0.29) is 4.90 Å². The van der Waals surface area contributed by atoms with Crippen LogP contribution < -0.4 is 10.0 Å². The number of likely N-dealkylation sites (tertiary alicyclic amines) is 1. The van der Waals surface area contributed by atoms with Crippen LogP contribution in [0, 0.1) is 5.82 Å². The molecule has 0 aromatic heterocycles. The minimum absolute atomic E-state index is 0.281. The van der Waals surface area contributed by atoms with Gasteiger partial charge >= 0.3 is 0 Å². The van der Waals surface area contributed by atoms with E-state index in [1.54, 1.807) is 13.1 Å². The van der Waals surface area contributed by atoms with E-state index in [0.717, 1.165) is 31.5 Å². The highest BCUT2D eigenvalue weighted by molar-refractivity contribution is 7.89. The Balaban J connectivity index is 2.02. The van der Waals surface area contributed by atoms with Gasteiger partial charge in [0.2, 0.25) is 10.0 Å². The molecule has 2 N–H and O–H groups in total. The number of sulfonamides is 1. The molecule has 1 aromatic rings. The van der Waals surface area contributed by atoms with Crippen molar-refractivity contribution in [1.29, 1.82) is 0 Å². The summed E-state index contributed by atoms with van der Waals surface area (Å²) in [7, 11) is -2.05. The average Bonchev–Trinajstić information content (AvgIpc) is 2.94. The van der Waals surface area contributed by atoms with Gasteiger partial charge in [0.25, 0.3) is 0 Å². The van der Waals surface area contributed by atoms with Crippen LogP contribution in [-0.4, -0.2) is 46.5 Å². The third-order valence-electron chi connectivity index (χ3n) is 3.58. The summed E-state index contributed by atoms with van der Waals surface area (Å²) in [6, 6.07) is 4.15. The van der Waals surface area contributed by atoms with Crippen molar-refractivity contribution in [3.63, 3.8) is 0 Å². The molecule has 0 amide bonds. The average molecular weight is 315 g/mol. The second-order valence-corrected chi connectivity index (χ2v) is 6.98. The molecule has 1 heterocycles. The molecule has 118 valence electrons. The van der Waals surface area contributed by atoms with Crippen molar-refractivity contribution >= 4 is 10.0 Å². The predicted molar refractivity (Wildman–Crippen MR) is 80.0 cm³/mol. The van der Waals surface area contributed by atoms with Crippen LogP contribution in [0.1, 0.15) is 18.4 Å². The second-order valence-electron chi connectivity index (χ2n) is 5.24. The Morgan fingerprint density at radius 3 is 2.67 bits per heavy atom. The lowest BCUT2D eigenvalue weighted by molar-refractivity contribution is 0.344. The van der Waals surface area contributed by atoms with Gasteiger partial charge in [0, 0.05) is 19.6 Å². The van der Waals surface area contributed by atoms with Gasteiger partial charge in [-0.25, -0.2) is 17.5 Å².